The molecule has 0 aliphatic rings. The number of hydrogen-bond donors (Lipinski definition) is 6. The molecule has 0 saturated heterocycles. The number of phenolic OH excluding ortho intramolecular Hbond substituents is 2. The number of fused-ring (bicyclic) bond motifs is 2. The number of nitrogens with zero attached hydrogens (tertiary/aromatic N) is 12. The molecule has 2 atom stereocenters. The average molecular weight is 2250 g/mol. The maximum absolute atomic E-state index is 13.6. The van der Waals surface area contributed by atoms with Crippen molar-refractivity contribution in [3.05, 3.63) is 145 Å². The largest absolute Gasteiger partial charge is 1.00 e. The fourth-order valence-corrected chi connectivity index (χ4v) is 18.3. The molecule has 0 saturated carbocycles. The van der Waals surface area contributed by atoms with Gasteiger partial charge in [-0.05, 0) is 123 Å². The third-order valence-electron chi connectivity index (χ3n) is 16.8. The van der Waals surface area contributed by atoms with Crippen LogP contribution in [0.1, 0.15) is 13.8 Å². The number of sulfone groups is 2. The molecular weight excluding hydrogens is 2210 g/mol. The van der Waals surface area contributed by atoms with Crippen LogP contribution in [-0.4, -0.2) is 225 Å². The molecule has 2 heterocycles. The van der Waals surface area contributed by atoms with Crippen LogP contribution >= 0.6 is 0 Å². The Kier molecular flexibility index (Phi) is 51.7. The third kappa shape index (κ3) is 36.6. The monoisotopic (exact) mass is 2250 g/mol. The number of nitrogens with one attached hydrogen (secondary N) is 4. The Labute approximate surface area is 977 Å². The van der Waals surface area contributed by atoms with Crippen molar-refractivity contribution in [2.75, 3.05) is 60.2 Å². The number of hydrogen-bond acceptors (Lipinski definition) is 52. The van der Waals surface area contributed by atoms with Crippen LogP contribution in [0.15, 0.2) is 201 Å². The van der Waals surface area contributed by atoms with Gasteiger partial charge in [0.2, 0.25) is 44.8 Å². The number of phenols is 2. The third-order valence-corrected chi connectivity index (χ3v) is 26.4. The number of benzene rings is 8. The number of aromatic hydroxyl groups is 2. The van der Waals surface area contributed by atoms with Crippen LogP contribution in [0.2, 0.25) is 0 Å². The Morgan fingerprint density at radius 3 is 0.993 bits per heavy atom. The Morgan fingerprint density at radius 1 is 0.373 bits per heavy atom. The van der Waals surface area contributed by atoms with Crippen LogP contribution in [0, 0.1) is 24.1 Å². The molecule has 0 fully saturated rings. The van der Waals surface area contributed by atoms with Crippen LogP contribution in [0.3, 0.4) is 0 Å². The SMILES string of the molecule is CC(=O)C(N=Nc1cc(Nc2cc(F)nc(F)n2)ccc1S(=O)(=O)[O-])C(=O)Nc1ccc2c(O)c(N=Nc3cc(Nc4cc(F)nc(F)n4)ccc3S(=O)(=O)[O-])c(S(=O)(=O)[O-])cc2c1S(=O)(=O)[O-].COc1ccc(S(=O)(=O)CCOS(=O)(=O)[O-])cc1N=Nc1c(S(=O)(=O)[O-])cc2c(S(=O)(=O)[O-])c(NC(=O)C(N=Nc3cc(S(=O)(=O)CCOS(=O)(=O)[O-])ccc3OC)C(C)=O)ccc2c1O.[Na+].[Na+].[Na+].[Na+].[Na+].[Na+].[Na+].[Na+]. The van der Waals surface area contributed by atoms with Gasteiger partial charge in [-0.15, -0.1) is 20.5 Å². The Morgan fingerprint density at radius 2 is 0.690 bits per heavy atom. The summed E-state index contributed by atoms with van der Waals surface area (Å²) < 4.78 is 412. The quantitative estimate of drug-likeness (QED) is 0.00310. The summed E-state index contributed by atoms with van der Waals surface area (Å²) in [6.45, 7) is -0.627. The number of aromatic nitrogens is 4. The summed E-state index contributed by atoms with van der Waals surface area (Å²) in [6.07, 6.45) is -3.06. The van der Waals surface area contributed by atoms with E-state index in [1.165, 1.54) is 0 Å². The minimum Gasteiger partial charge on any atom is -0.744 e. The molecule has 2 unspecified atom stereocenters. The van der Waals surface area contributed by atoms with E-state index in [0.717, 1.165) is 88.7 Å². The first-order valence-corrected chi connectivity index (χ1v) is 49.1. The normalized spacial score (nSPS) is 12.5. The van der Waals surface area contributed by atoms with Crippen molar-refractivity contribution < 1.29 is 422 Å². The second kappa shape index (κ2) is 54.5. The van der Waals surface area contributed by atoms with Gasteiger partial charge in [-0.2, -0.15) is 58.0 Å². The van der Waals surface area contributed by atoms with Crippen molar-refractivity contribution in [2.45, 2.75) is 65.1 Å². The number of anilines is 6. The van der Waals surface area contributed by atoms with Crippen LogP contribution in [-0.2, 0) is 129 Å². The van der Waals surface area contributed by atoms with E-state index in [4.69, 9.17) is 9.47 Å². The van der Waals surface area contributed by atoms with Gasteiger partial charge in [-0.3, -0.25) is 27.5 Å². The first-order valence-electron chi connectivity index (χ1n) is 34.7. The van der Waals surface area contributed by atoms with Crippen LogP contribution in [0.25, 0.3) is 21.5 Å². The van der Waals surface area contributed by atoms with Gasteiger partial charge in [0.1, 0.15) is 118 Å². The van der Waals surface area contributed by atoms with E-state index in [0.29, 0.717) is 48.5 Å². The molecule has 2 aromatic heterocycles. The molecule has 10 rings (SSSR count). The minimum absolute atomic E-state index is 0. The summed E-state index contributed by atoms with van der Waals surface area (Å²) in [5.74, 6) is -14.5. The van der Waals surface area contributed by atoms with E-state index >= 15 is 0 Å². The fourth-order valence-electron chi connectivity index (χ4n) is 11.2. The molecule has 716 valence electrons. The van der Waals surface area contributed by atoms with E-state index in [9.17, 15) is 168 Å². The number of ether oxygens (including phenoxy) is 2. The van der Waals surface area contributed by atoms with E-state index in [2.05, 4.69) is 79.8 Å². The molecule has 0 bridgehead atoms. The van der Waals surface area contributed by atoms with Gasteiger partial charge in [-0.1, -0.05) is 0 Å². The van der Waals surface area contributed by atoms with Crippen molar-refractivity contribution in [2.24, 2.45) is 40.9 Å². The summed E-state index contributed by atoms with van der Waals surface area (Å²) >= 11 is 0. The van der Waals surface area contributed by atoms with Crippen molar-refractivity contribution in [1.82, 2.24) is 19.9 Å². The number of methoxy groups -OCH3 is 2. The van der Waals surface area contributed by atoms with Crippen molar-refractivity contribution in [3.63, 3.8) is 0 Å². The molecule has 0 aliphatic carbocycles. The predicted molar refractivity (Wildman–Crippen MR) is 427 cm³/mol. The predicted octanol–water partition coefficient (Wildman–Crippen LogP) is -19.1. The second-order valence-electron chi connectivity index (χ2n) is 25.8. The molecule has 6 N–H and O–H groups in total. The summed E-state index contributed by atoms with van der Waals surface area (Å²) in [5, 5.41) is 55.6. The molecule has 0 aliphatic heterocycles. The molecule has 10 aromatic rings. The van der Waals surface area contributed by atoms with Gasteiger partial charge in [0.05, 0.1) is 89.5 Å². The second-order valence-corrected chi connectivity index (χ2v) is 40.2. The number of azo groups is 4. The summed E-state index contributed by atoms with van der Waals surface area (Å²) in [7, 11) is -51.6. The van der Waals surface area contributed by atoms with Crippen molar-refractivity contribution in [1.29, 1.82) is 0 Å². The van der Waals surface area contributed by atoms with E-state index in [1.807, 2.05) is 10.6 Å². The fraction of sp³-hybridized carbons (Fsp3) is 0.152. The maximum atomic E-state index is 13.6. The Hall–Kier alpha value is -5.26. The van der Waals surface area contributed by atoms with Crippen LogP contribution in [0.5, 0.6) is 23.0 Å². The summed E-state index contributed by atoms with van der Waals surface area (Å²) in [6, 6.07) is 9.92. The van der Waals surface area contributed by atoms with E-state index in [1.54, 1.807) is 0 Å². The number of ketones is 2. The average Bonchev–Trinajstić information content (AvgIpc) is 0.741. The first-order chi connectivity index (χ1) is 61.8. The molecule has 54 nitrogen and oxygen atoms in total. The summed E-state index contributed by atoms with van der Waals surface area (Å²) in [4.78, 5) is 54.6. The zero-order valence-electron chi connectivity index (χ0n) is 74.1. The van der Waals surface area contributed by atoms with Crippen molar-refractivity contribution >= 4 is 215 Å². The van der Waals surface area contributed by atoms with Gasteiger partial charge >= 0.3 is 249 Å². The summed E-state index contributed by atoms with van der Waals surface area (Å²) in [5.41, 5.74) is -7.95. The minimum atomic E-state index is -5.96. The number of rotatable bonds is 36. The number of Topliss-reactive ketones (excluding diaryl/α,β-unsaturated/α-hetero) is 2. The van der Waals surface area contributed by atoms with Crippen molar-refractivity contribution in [3.8, 4) is 23.0 Å². The molecule has 0 spiro atoms. The molecule has 142 heavy (non-hydrogen) atoms. The van der Waals surface area contributed by atoms with Gasteiger partial charge in [0.15, 0.2) is 42.7 Å². The molecule has 8 aromatic carbocycles. The van der Waals surface area contributed by atoms with Gasteiger partial charge in [0.25, 0.3) is 11.8 Å². The molecular formula is C66H48F4N16Na8O38S10. The zero-order chi connectivity index (χ0) is 100. The number of halogens is 4. The first kappa shape index (κ1) is 135. The topological polar surface area (TPSA) is 870 Å². The number of carbonyl (C=O) groups excluding carboxylic acids is 4. The molecule has 0 radical (unpaired) electrons. The van der Waals surface area contributed by atoms with Gasteiger partial charge in [-0.25, -0.2) is 84.2 Å². The maximum Gasteiger partial charge on any atom is 1.00 e. The standard InChI is InChI=1S/C34H23F4N11O15S4.C32H33N5O23S6.8Na/c1-13(50)28(48-46-19-8-14(2-6-21(19)65(53,54)55)39-26-11-24(35)42-33(37)44-26)32(52)41-18-5-4-16-17(31(18)68(62,63)64)10-23(67(59,60)61)29(30(16)51)49-47-20-9-15(3-7-22(20)66(56,57)58)40-27-12-25(36)43-34(38)45-27;1-17(38)28(36-34-23-14-18(4-8-25(23)57-2)61(41,42)12-10-59-65(51,52)53)32(40)33-22-7-6-20-21(31(22)64(48,49)50)16-27(63(45,46)47)29(30(20)39)37-35-24-15-19(5-9-26(24)58-3)62(43,44)13-11-60-66(54,55)56;;;;;;;;/h2-12,28,51H,1H3,(H,41,52)(H,39,42,44)(H,40,43,45)(H,53,54,55)(H,56,57,58)(H,59,60,61)(H,62,63,64);4-9,14-16,28,39H,10-13H2,1-3H3,(H,33,40)(H,45,46,47)(H,48,49,50)(H,51,52,53)(H,54,55,56);;;;;;;;/q;;8*+1/p-8. The van der Waals surface area contributed by atoms with Gasteiger partial charge in [0, 0.05) is 45.1 Å². The smallest absolute Gasteiger partial charge is 0.744 e. The van der Waals surface area contributed by atoms with E-state index < -0.39 is 315 Å². The van der Waals surface area contributed by atoms with E-state index in [-0.39, 0.29) is 271 Å². The molecule has 2 amide bonds. The number of carbonyl (C=O) groups is 4. The number of amides is 2. The molecule has 76 heteroatoms. The Bertz CT molecular complexity index is 7940. The zero-order valence-corrected chi connectivity index (χ0v) is 98.2. The Balaban J connectivity index is 0.00000135. The van der Waals surface area contributed by atoms with Crippen LogP contribution in [0.4, 0.5) is 86.1 Å². The van der Waals surface area contributed by atoms with Crippen LogP contribution < -0.4 is 267 Å². The van der Waals surface area contributed by atoms with Gasteiger partial charge < -0.3 is 77.4 Å².